The highest BCUT2D eigenvalue weighted by molar-refractivity contribution is 5.50. The average Bonchev–Trinajstić information content (AvgIpc) is 2.89. The second-order valence-electron chi connectivity index (χ2n) is 6.41. The molecule has 1 heterocycles. The van der Waals surface area contributed by atoms with Crippen LogP contribution in [0.3, 0.4) is 0 Å². The summed E-state index contributed by atoms with van der Waals surface area (Å²) >= 11 is 0. The summed E-state index contributed by atoms with van der Waals surface area (Å²) in [5.74, 6) is 1.53. The molecule has 120 valence electrons. The molecule has 0 aromatic heterocycles. The van der Waals surface area contributed by atoms with Gasteiger partial charge in [-0.05, 0) is 49.5 Å². The minimum atomic E-state index is -0.316. The van der Waals surface area contributed by atoms with E-state index < -0.39 is 0 Å². The van der Waals surface area contributed by atoms with E-state index in [0.717, 1.165) is 42.9 Å². The maximum absolute atomic E-state index is 10.3. The van der Waals surface area contributed by atoms with E-state index in [0.29, 0.717) is 0 Å². The second-order valence-corrected chi connectivity index (χ2v) is 6.41. The molecule has 0 spiro atoms. The van der Waals surface area contributed by atoms with Crippen LogP contribution in [0.1, 0.15) is 31.7 Å². The van der Waals surface area contributed by atoms with Gasteiger partial charge >= 0.3 is 0 Å². The SMILES string of the molecule is COc1ccc([C@@]23CC[C@@H](O)C(C)=C2N(C)CC3)cc1OC. The van der Waals surface area contributed by atoms with E-state index in [9.17, 15) is 5.11 Å². The van der Waals surface area contributed by atoms with E-state index in [1.165, 1.54) is 11.3 Å². The molecule has 1 aliphatic carbocycles. The lowest BCUT2D eigenvalue weighted by Crippen LogP contribution is -2.36. The fourth-order valence-corrected chi connectivity index (χ4v) is 4.19. The molecule has 0 unspecified atom stereocenters. The Hall–Kier alpha value is -1.68. The minimum Gasteiger partial charge on any atom is -0.493 e. The summed E-state index contributed by atoms with van der Waals surface area (Å²) in [6.07, 6.45) is 2.56. The van der Waals surface area contributed by atoms with Gasteiger partial charge < -0.3 is 19.5 Å². The number of methoxy groups -OCH3 is 2. The van der Waals surface area contributed by atoms with Gasteiger partial charge in [0, 0.05) is 24.7 Å². The Bertz CT molecular complexity index is 610. The number of allylic oxidation sites excluding steroid dienone is 1. The van der Waals surface area contributed by atoms with Crippen molar-refractivity contribution in [3.63, 3.8) is 0 Å². The van der Waals surface area contributed by atoms with Gasteiger partial charge in [-0.25, -0.2) is 0 Å². The first kappa shape index (κ1) is 15.2. The Morgan fingerprint density at radius 3 is 2.59 bits per heavy atom. The fraction of sp³-hybridized carbons (Fsp3) is 0.556. The van der Waals surface area contributed by atoms with Gasteiger partial charge in [-0.2, -0.15) is 0 Å². The van der Waals surface area contributed by atoms with Crippen molar-refractivity contribution in [2.45, 2.75) is 37.7 Å². The predicted octanol–water partition coefficient (Wildman–Crippen LogP) is 2.71. The van der Waals surface area contributed by atoms with E-state index in [-0.39, 0.29) is 11.5 Å². The first-order valence-corrected chi connectivity index (χ1v) is 7.86. The molecule has 1 aliphatic heterocycles. The third kappa shape index (κ3) is 2.09. The molecule has 1 aromatic rings. The second kappa shape index (κ2) is 5.51. The standard InChI is InChI=1S/C18H25NO3/c1-12-14(20)7-8-18(9-10-19(2)17(12)18)13-5-6-15(21-3)16(11-13)22-4/h5-6,11,14,20H,7-10H2,1-4H3/t14-,18+/m1/s1. The summed E-state index contributed by atoms with van der Waals surface area (Å²) in [5, 5.41) is 10.3. The number of ether oxygens (including phenoxy) is 2. The molecule has 4 heteroatoms. The van der Waals surface area contributed by atoms with Crippen LogP contribution in [0.5, 0.6) is 11.5 Å². The highest BCUT2D eigenvalue weighted by Gasteiger charge is 2.47. The van der Waals surface area contributed by atoms with E-state index >= 15 is 0 Å². The molecular formula is C18H25NO3. The Morgan fingerprint density at radius 1 is 1.18 bits per heavy atom. The van der Waals surface area contributed by atoms with Crippen molar-refractivity contribution >= 4 is 0 Å². The molecule has 3 rings (SSSR count). The summed E-state index contributed by atoms with van der Waals surface area (Å²) in [6.45, 7) is 3.09. The summed E-state index contributed by atoms with van der Waals surface area (Å²) in [6, 6.07) is 6.23. The summed E-state index contributed by atoms with van der Waals surface area (Å²) in [5.41, 5.74) is 3.66. The van der Waals surface area contributed by atoms with Crippen molar-refractivity contribution < 1.29 is 14.6 Å². The van der Waals surface area contributed by atoms with E-state index in [1.807, 2.05) is 6.07 Å². The molecule has 1 saturated heterocycles. The smallest absolute Gasteiger partial charge is 0.161 e. The molecule has 4 nitrogen and oxygen atoms in total. The number of likely N-dealkylation sites (tertiary alicyclic amines) is 1. The number of benzene rings is 1. The molecule has 0 radical (unpaired) electrons. The number of likely N-dealkylation sites (N-methyl/N-ethyl adjacent to an activating group) is 1. The van der Waals surface area contributed by atoms with E-state index in [2.05, 4.69) is 31.0 Å². The van der Waals surface area contributed by atoms with Gasteiger partial charge in [0.15, 0.2) is 11.5 Å². The number of hydrogen-bond acceptors (Lipinski definition) is 4. The third-order valence-electron chi connectivity index (χ3n) is 5.36. The average molecular weight is 303 g/mol. The normalized spacial score (nSPS) is 27.9. The zero-order valence-corrected chi connectivity index (χ0v) is 13.8. The Kier molecular flexibility index (Phi) is 3.81. The lowest BCUT2D eigenvalue weighted by Gasteiger charge is -2.39. The van der Waals surface area contributed by atoms with Crippen molar-refractivity contribution in [3.05, 3.63) is 35.0 Å². The minimum absolute atomic E-state index is 0.00237. The lowest BCUT2D eigenvalue weighted by atomic mass is 9.68. The topological polar surface area (TPSA) is 41.9 Å². The summed E-state index contributed by atoms with van der Waals surface area (Å²) in [7, 11) is 5.46. The third-order valence-corrected chi connectivity index (χ3v) is 5.36. The highest BCUT2D eigenvalue weighted by Crippen LogP contribution is 2.52. The molecule has 2 aliphatic rings. The first-order valence-electron chi connectivity index (χ1n) is 7.86. The zero-order chi connectivity index (χ0) is 15.9. The van der Waals surface area contributed by atoms with Crippen molar-refractivity contribution in [1.29, 1.82) is 0 Å². The Morgan fingerprint density at radius 2 is 1.91 bits per heavy atom. The molecule has 22 heavy (non-hydrogen) atoms. The van der Waals surface area contributed by atoms with Gasteiger partial charge in [-0.3, -0.25) is 0 Å². The van der Waals surface area contributed by atoms with E-state index in [1.54, 1.807) is 14.2 Å². The van der Waals surface area contributed by atoms with Crippen LogP contribution in [0.15, 0.2) is 29.5 Å². The van der Waals surface area contributed by atoms with Gasteiger partial charge in [0.05, 0.1) is 20.3 Å². The van der Waals surface area contributed by atoms with Crippen LogP contribution in [0.2, 0.25) is 0 Å². The van der Waals surface area contributed by atoms with E-state index in [4.69, 9.17) is 9.47 Å². The van der Waals surface area contributed by atoms with Gasteiger partial charge in [0.25, 0.3) is 0 Å². The maximum atomic E-state index is 10.3. The number of aliphatic hydroxyl groups excluding tert-OH is 1. The highest BCUT2D eigenvalue weighted by atomic mass is 16.5. The van der Waals surface area contributed by atoms with Crippen LogP contribution in [-0.4, -0.2) is 43.9 Å². The van der Waals surface area contributed by atoms with Gasteiger partial charge in [0.1, 0.15) is 0 Å². The molecule has 0 amide bonds. The van der Waals surface area contributed by atoms with Crippen LogP contribution in [0.4, 0.5) is 0 Å². The zero-order valence-electron chi connectivity index (χ0n) is 13.8. The summed E-state index contributed by atoms with van der Waals surface area (Å²) < 4.78 is 10.8. The van der Waals surface area contributed by atoms with Gasteiger partial charge in [-0.15, -0.1) is 0 Å². The Balaban J connectivity index is 2.14. The van der Waals surface area contributed by atoms with Gasteiger partial charge in [-0.1, -0.05) is 6.07 Å². The monoisotopic (exact) mass is 303 g/mol. The fourth-order valence-electron chi connectivity index (χ4n) is 4.19. The van der Waals surface area contributed by atoms with Crippen LogP contribution in [-0.2, 0) is 5.41 Å². The number of fused-ring (bicyclic) bond motifs is 1. The van der Waals surface area contributed by atoms with Crippen LogP contribution in [0.25, 0.3) is 0 Å². The quantitative estimate of drug-likeness (QED) is 0.932. The van der Waals surface area contributed by atoms with Crippen molar-refractivity contribution in [1.82, 2.24) is 4.90 Å². The predicted molar refractivity (Wildman–Crippen MR) is 86.4 cm³/mol. The van der Waals surface area contributed by atoms with Gasteiger partial charge in [0.2, 0.25) is 0 Å². The molecule has 1 N–H and O–H groups in total. The largest absolute Gasteiger partial charge is 0.493 e. The molecule has 0 bridgehead atoms. The molecule has 1 aromatic carbocycles. The molecule has 1 fully saturated rings. The number of nitrogens with zero attached hydrogens (tertiary/aromatic N) is 1. The molecule has 0 saturated carbocycles. The van der Waals surface area contributed by atoms with Crippen LogP contribution < -0.4 is 9.47 Å². The summed E-state index contributed by atoms with van der Waals surface area (Å²) in [4.78, 5) is 2.30. The number of aliphatic hydroxyl groups is 1. The molecular weight excluding hydrogens is 278 g/mol. The molecule has 2 atom stereocenters. The first-order chi connectivity index (χ1) is 10.5. The van der Waals surface area contributed by atoms with Crippen LogP contribution in [0, 0.1) is 0 Å². The van der Waals surface area contributed by atoms with Crippen LogP contribution >= 0.6 is 0 Å². The lowest BCUT2D eigenvalue weighted by molar-refractivity contribution is 0.167. The number of rotatable bonds is 3. The van der Waals surface area contributed by atoms with Crippen molar-refractivity contribution in [2.75, 3.05) is 27.8 Å². The van der Waals surface area contributed by atoms with Crippen molar-refractivity contribution in [3.8, 4) is 11.5 Å². The number of hydrogen-bond donors (Lipinski definition) is 1. The van der Waals surface area contributed by atoms with Crippen molar-refractivity contribution in [2.24, 2.45) is 0 Å². The Labute approximate surface area is 132 Å². The maximum Gasteiger partial charge on any atom is 0.161 e.